The van der Waals surface area contributed by atoms with Crippen LogP contribution < -0.4 is 34.4 Å². The van der Waals surface area contributed by atoms with E-state index in [2.05, 4.69) is 29.9 Å². The van der Waals surface area contributed by atoms with Crippen LogP contribution in [0.4, 0.5) is 35.7 Å². The maximum absolute atomic E-state index is 8.88. The number of hydrogen-bond acceptors (Lipinski definition) is 14. The molecule has 0 unspecified atom stereocenters. The molecule has 20 nitrogen and oxygen atoms in total. The van der Waals surface area contributed by atoms with E-state index in [1.54, 1.807) is 0 Å². The highest BCUT2D eigenvalue weighted by Gasteiger charge is 2.00. The van der Waals surface area contributed by atoms with E-state index in [0.29, 0.717) is 0 Å². The lowest BCUT2D eigenvalue weighted by molar-refractivity contribution is 0.272. The Morgan fingerprint density at radius 2 is 0.517 bits per heavy atom. The summed E-state index contributed by atoms with van der Waals surface area (Å²) in [6.45, 7) is 0. The van der Waals surface area contributed by atoms with Crippen LogP contribution in [0, 0.1) is 0 Å². The second-order valence-corrected chi connectivity index (χ2v) is 5.90. The van der Waals surface area contributed by atoms with Gasteiger partial charge in [-0.2, -0.15) is 29.9 Å². The highest BCUT2D eigenvalue weighted by atomic mass is 31.2. The Morgan fingerprint density at radius 1 is 0.448 bits per heavy atom. The average Bonchev–Trinajstić information content (AvgIpc) is 2.30. The Kier molecular flexibility index (Phi) is 15.1. The second-order valence-electron chi connectivity index (χ2n) is 3.85. The van der Waals surface area contributed by atoms with Gasteiger partial charge in [0.1, 0.15) is 0 Å². The number of aromatic nitrogens is 6. The first-order chi connectivity index (χ1) is 12.4. The minimum Gasteiger partial charge on any atom is -0.368 e. The molecule has 0 aliphatic rings. The molecule has 0 amide bonds. The van der Waals surface area contributed by atoms with Crippen LogP contribution >= 0.6 is 15.6 Å². The summed E-state index contributed by atoms with van der Waals surface area (Å²) < 4.78 is 17.8. The Hall–Kier alpha value is -2.19. The number of nitrogens with two attached hydrogens (primary N) is 6. The van der Waals surface area contributed by atoms with Gasteiger partial charge in [0, 0.05) is 0 Å². The third kappa shape index (κ3) is 30.8. The number of rotatable bonds is 0. The fourth-order valence-corrected chi connectivity index (χ4v) is 0.854. The molecule has 29 heavy (non-hydrogen) atoms. The molecule has 2 rings (SSSR count). The third-order valence-corrected chi connectivity index (χ3v) is 1.37. The Balaban J connectivity index is -0.000000321. The van der Waals surface area contributed by atoms with Crippen molar-refractivity contribution in [1.82, 2.24) is 29.9 Å². The SMILES string of the molecule is Nc1nc(N)nc(N)n1.Nc1nc(N)nc(N)n1.O=P(O)(O)O.O=P(O)(O)O.[MgH2]. The van der Waals surface area contributed by atoms with Crippen LogP contribution in [0.1, 0.15) is 0 Å². The van der Waals surface area contributed by atoms with Gasteiger partial charge in [-0.05, 0) is 0 Å². The molecule has 18 N–H and O–H groups in total. The van der Waals surface area contributed by atoms with E-state index in [-0.39, 0.29) is 58.7 Å². The molecular weight excluding hydrogens is 454 g/mol. The van der Waals surface area contributed by atoms with E-state index < -0.39 is 15.6 Å². The molecular formula is C6H20MgN12O8P2. The summed E-state index contributed by atoms with van der Waals surface area (Å²) in [5.41, 5.74) is 30.8. The molecule has 0 aliphatic heterocycles. The van der Waals surface area contributed by atoms with Crippen LogP contribution in [0.15, 0.2) is 0 Å². The van der Waals surface area contributed by atoms with Gasteiger partial charge >= 0.3 is 38.7 Å². The lowest BCUT2D eigenvalue weighted by atomic mass is 10.9. The van der Waals surface area contributed by atoms with Crippen LogP contribution in [0.3, 0.4) is 0 Å². The van der Waals surface area contributed by atoms with E-state index in [4.69, 9.17) is 72.9 Å². The lowest BCUT2D eigenvalue weighted by Crippen LogP contribution is -2.05. The normalized spacial score (nSPS) is 9.86. The first-order valence-corrected chi connectivity index (χ1v) is 9.11. The van der Waals surface area contributed by atoms with E-state index in [9.17, 15) is 0 Å². The van der Waals surface area contributed by atoms with Crippen LogP contribution in [0.5, 0.6) is 0 Å². The van der Waals surface area contributed by atoms with Crippen LogP contribution in [0.2, 0.25) is 0 Å². The molecule has 0 radical (unpaired) electrons. The summed E-state index contributed by atoms with van der Waals surface area (Å²) in [5, 5.41) is 0. The molecule has 0 aromatic carbocycles. The highest BCUT2D eigenvalue weighted by Crippen LogP contribution is 2.26. The zero-order chi connectivity index (χ0) is 22.7. The molecule has 164 valence electrons. The largest absolute Gasteiger partial charge is 0.466 e. The smallest absolute Gasteiger partial charge is 0.368 e. The van der Waals surface area contributed by atoms with Gasteiger partial charge in [0.15, 0.2) is 0 Å². The van der Waals surface area contributed by atoms with Gasteiger partial charge in [-0.1, -0.05) is 0 Å². The van der Waals surface area contributed by atoms with Crippen molar-refractivity contribution in [2.75, 3.05) is 34.4 Å². The van der Waals surface area contributed by atoms with Crippen molar-refractivity contribution in [3.05, 3.63) is 0 Å². The van der Waals surface area contributed by atoms with E-state index >= 15 is 0 Å². The van der Waals surface area contributed by atoms with E-state index in [1.165, 1.54) is 0 Å². The number of anilines is 6. The van der Waals surface area contributed by atoms with Gasteiger partial charge in [0.25, 0.3) is 0 Å². The molecule has 0 saturated heterocycles. The molecule has 2 heterocycles. The predicted octanol–water partition coefficient (Wildman–Crippen LogP) is -5.54. The van der Waals surface area contributed by atoms with Crippen molar-refractivity contribution in [3.8, 4) is 0 Å². The van der Waals surface area contributed by atoms with Crippen LogP contribution in [0.25, 0.3) is 0 Å². The van der Waals surface area contributed by atoms with Crippen LogP contribution in [-0.4, -0.2) is 82.3 Å². The summed E-state index contributed by atoms with van der Waals surface area (Å²) in [6.07, 6.45) is 0. The molecule has 0 saturated carbocycles. The summed E-state index contributed by atoms with van der Waals surface area (Å²) in [5.74, 6) is 0.250. The molecule has 0 bridgehead atoms. The van der Waals surface area contributed by atoms with E-state index in [1.807, 2.05) is 0 Å². The maximum atomic E-state index is 8.88. The Labute approximate surface area is 177 Å². The van der Waals surface area contributed by atoms with Crippen molar-refractivity contribution in [2.24, 2.45) is 0 Å². The molecule has 0 aliphatic carbocycles. The standard InChI is InChI=1S/2C3H6N6.Mg.2H3O4P.2H/c2*4-1-7-2(5)9-3(6)8-1;;2*1-5(2,3)4;;/h2*(H6,4,5,6,7,8,9);;2*(H3,1,2,3,4);;. The molecule has 0 atom stereocenters. The van der Waals surface area contributed by atoms with E-state index in [0.717, 1.165) is 0 Å². The van der Waals surface area contributed by atoms with Gasteiger partial charge < -0.3 is 63.8 Å². The lowest BCUT2D eigenvalue weighted by Gasteiger charge is -1.93. The fraction of sp³-hybridized carbons (Fsp3) is 0. The highest BCUT2D eigenvalue weighted by molar-refractivity contribution is 7.45. The van der Waals surface area contributed by atoms with Crippen molar-refractivity contribution in [3.63, 3.8) is 0 Å². The predicted molar refractivity (Wildman–Crippen MR) is 103 cm³/mol. The number of hydrogen-bond donors (Lipinski definition) is 12. The van der Waals surface area contributed by atoms with Crippen molar-refractivity contribution in [1.29, 1.82) is 0 Å². The summed E-state index contributed by atoms with van der Waals surface area (Å²) in [7, 11) is -9.28. The first kappa shape index (κ1) is 31.5. The Morgan fingerprint density at radius 3 is 0.586 bits per heavy atom. The molecule has 0 fully saturated rings. The number of nitrogen functional groups attached to an aromatic ring is 6. The summed E-state index contributed by atoms with van der Waals surface area (Å²) in [4.78, 5) is 64.1. The van der Waals surface area contributed by atoms with Gasteiger partial charge in [-0.3, -0.25) is 0 Å². The Bertz CT molecular complexity index is 660. The van der Waals surface area contributed by atoms with Crippen LogP contribution in [-0.2, 0) is 9.13 Å². The molecule has 0 spiro atoms. The minimum atomic E-state index is -4.64. The van der Waals surface area contributed by atoms with Gasteiger partial charge in [-0.15, -0.1) is 0 Å². The summed E-state index contributed by atoms with van der Waals surface area (Å²) in [6, 6.07) is 0. The quantitative estimate of drug-likeness (QED) is 0.125. The fourth-order valence-electron chi connectivity index (χ4n) is 0.854. The number of nitrogens with zero attached hydrogens (tertiary/aromatic N) is 6. The zero-order valence-corrected chi connectivity index (χ0v) is 15.3. The minimum absolute atomic E-state index is 0. The first-order valence-electron chi connectivity index (χ1n) is 5.98. The van der Waals surface area contributed by atoms with Crippen molar-refractivity contribution < 1.29 is 38.5 Å². The molecule has 2 aromatic heterocycles. The summed E-state index contributed by atoms with van der Waals surface area (Å²) >= 11 is 0. The van der Waals surface area contributed by atoms with Gasteiger partial charge in [0.2, 0.25) is 35.7 Å². The van der Waals surface area contributed by atoms with Gasteiger partial charge in [-0.25, -0.2) is 9.13 Å². The zero-order valence-electron chi connectivity index (χ0n) is 13.5. The average molecular weight is 475 g/mol. The second kappa shape index (κ2) is 13.9. The molecule has 23 heteroatoms. The number of phosphoric acid groups is 2. The third-order valence-electron chi connectivity index (χ3n) is 1.37. The van der Waals surface area contributed by atoms with Gasteiger partial charge in [0.05, 0.1) is 0 Å². The maximum Gasteiger partial charge on any atom is 0.466 e. The van der Waals surface area contributed by atoms with Crippen molar-refractivity contribution in [2.45, 2.75) is 0 Å². The monoisotopic (exact) mass is 474 g/mol. The van der Waals surface area contributed by atoms with Crippen molar-refractivity contribution >= 4 is 74.4 Å². The topological polar surface area (TPSA) is 389 Å². The molecule has 2 aromatic rings.